The van der Waals surface area contributed by atoms with Crippen molar-refractivity contribution in [2.75, 3.05) is 16.8 Å². The van der Waals surface area contributed by atoms with Crippen molar-refractivity contribution in [3.63, 3.8) is 0 Å². The molecule has 0 atom stereocenters. The Morgan fingerprint density at radius 2 is 1.84 bits per heavy atom. The van der Waals surface area contributed by atoms with Crippen molar-refractivity contribution in [3.8, 4) is 5.75 Å². The number of benzene rings is 3. The van der Waals surface area contributed by atoms with Gasteiger partial charge in [0.1, 0.15) is 5.75 Å². The van der Waals surface area contributed by atoms with Crippen LogP contribution in [0.4, 0.5) is 11.4 Å². The molecule has 0 bridgehead atoms. The summed E-state index contributed by atoms with van der Waals surface area (Å²) in [5.41, 5.74) is 2.65. The Kier molecular flexibility index (Phi) is 6.70. The third-order valence-electron chi connectivity index (χ3n) is 4.78. The topological polar surface area (TPSA) is 58.6 Å². The summed E-state index contributed by atoms with van der Waals surface area (Å²) in [5, 5.41) is 4.35. The highest BCUT2D eigenvalue weighted by atomic mass is 35.5. The van der Waals surface area contributed by atoms with E-state index in [2.05, 4.69) is 5.32 Å². The van der Waals surface area contributed by atoms with Gasteiger partial charge in [0.25, 0.3) is 5.91 Å². The first-order chi connectivity index (χ1) is 15.4. The summed E-state index contributed by atoms with van der Waals surface area (Å²) >= 11 is 18.1. The van der Waals surface area contributed by atoms with Crippen molar-refractivity contribution in [1.29, 1.82) is 0 Å². The number of halogens is 3. The maximum atomic E-state index is 12.5. The van der Waals surface area contributed by atoms with Crippen LogP contribution >= 0.6 is 34.8 Å². The maximum Gasteiger partial charge on any atom is 0.265 e. The second-order valence-corrected chi connectivity index (χ2v) is 8.35. The minimum atomic E-state index is -0.347. The number of amides is 2. The van der Waals surface area contributed by atoms with Gasteiger partial charge < -0.3 is 15.0 Å². The van der Waals surface area contributed by atoms with Gasteiger partial charge >= 0.3 is 0 Å². The highest BCUT2D eigenvalue weighted by molar-refractivity contribution is 6.35. The van der Waals surface area contributed by atoms with E-state index in [9.17, 15) is 9.59 Å². The van der Waals surface area contributed by atoms with E-state index < -0.39 is 0 Å². The highest BCUT2D eigenvalue weighted by Gasteiger charge is 2.26. The summed E-state index contributed by atoms with van der Waals surface area (Å²) in [7, 11) is 0. The molecular weight excluding hydrogens is 471 g/mol. The number of nitrogens with zero attached hydrogens (tertiary/aromatic N) is 1. The van der Waals surface area contributed by atoms with Crippen molar-refractivity contribution in [2.45, 2.75) is 6.54 Å². The molecule has 0 unspecified atom stereocenters. The normalized spacial score (nSPS) is 13.1. The number of anilines is 2. The number of ether oxygens (including phenoxy) is 1. The number of rotatable bonds is 5. The second kappa shape index (κ2) is 9.65. The largest absolute Gasteiger partial charge is 0.482 e. The van der Waals surface area contributed by atoms with Crippen LogP contribution in [0, 0.1) is 0 Å². The molecule has 4 rings (SSSR count). The Hall–Kier alpha value is -2.99. The molecule has 3 aromatic carbocycles. The van der Waals surface area contributed by atoms with Crippen LogP contribution in [0.2, 0.25) is 15.1 Å². The van der Waals surface area contributed by atoms with Crippen LogP contribution in [0.15, 0.2) is 66.7 Å². The lowest BCUT2D eigenvalue weighted by Gasteiger charge is -2.30. The molecule has 0 fully saturated rings. The van der Waals surface area contributed by atoms with Crippen LogP contribution in [-0.4, -0.2) is 18.4 Å². The zero-order chi connectivity index (χ0) is 22.7. The summed E-state index contributed by atoms with van der Waals surface area (Å²) in [4.78, 5) is 26.6. The molecule has 0 aromatic heterocycles. The molecule has 1 aliphatic rings. The highest BCUT2D eigenvalue weighted by Crippen LogP contribution is 2.35. The fraction of sp³-hybridized carbons (Fsp3) is 0.0833. The van der Waals surface area contributed by atoms with Gasteiger partial charge in [0.15, 0.2) is 6.61 Å². The van der Waals surface area contributed by atoms with Gasteiger partial charge in [0.2, 0.25) is 5.91 Å². The quantitative estimate of drug-likeness (QED) is 0.434. The van der Waals surface area contributed by atoms with E-state index in [0.29, 0.717) is 44.3 Å². The zero-order valence-electron chi connectivity index (χ0n) is 16.6. The Balaban J connectivity index is 1.53. The summed E-state index contributed by atoms with van der Waals surface area (Å²) < 4.78 is 5.55. The third kappa shape index (κ3) is 5.25. The van der Waals surface area contributed by atoms with E-state index in [4.69, 9.17) is 39.5 Å². The monoisotopic (exact) mass is 486 g/mol. The summed E-state index contributed by atoms with van der Waals surface area (Å²) in [6.07, 6.45) is 2.98. The molecule has 1 N–H and O–H groups in total. The van der Waals surface area contributed by atoms with E-state index in [1.165, 1.54) is 6.08 Å². The van der Waals surface area contributed by atoms with Gasteiger partial charge in [-0.1, -0.05) is 53.0 Å². The fourth-order valence-electron chi connectivity index (χ4n) is 3.26. The number of hydrogen-bond donors (Lipinski definition) is 1. The predicted molar refractivity (Wildman–Crippen MR) is 129 cm³/mol. The van der Waals surface area contributed by atoms with E-state index in [0.717, 1.165) is 5.56 Å². The van der Waals surface area contributed by atoms with Crippen molar-refractivity contribution >= 4 is 64.1 Å². The molecule has 8 heteroatoms. The van der Waals surface area contributed by atoms with Crippen LogP contribution in [0.1, 0.15) is 11.1 Å². The van der Waals surface area contributed by atoms with Gasteiger partial charge in [-0.15, -0.1) is 0 Å². The van der Waals surface area contributed by atoms with Gasteiger partial charge in [-0.2, -0.15) is 0 Å². The van der Waals surface area contributed by atoms with E-state index >= 15 is 0 Å². The number of carbonyl (C=O) groups is 2. The van der Waals surface area contributed by atoms with Gasteiger partial charge in [-0.3, -0.25) is 9.59 Å². The molecule has 0 saturated carbocycles. The lowest BCUT2D eigenvalue weighted by Crippen LogP contribution is -2.38. The summed E-state index contributed by atoms with van der Waals surface area (Å²) in [6.45, 7) is 0.284. The molecular formula is C24H17Cl3N2O3. The van der Waals surface area contributed by atoms with Crippen LogP contribution < -0.4 is 15.0 Å². The van der Waals surface area contributed by atoms with Crippen molar-refractivity contribution < 1.29 is 14.3 Å². The first-order valence-corrected chi connectivity index (χ1v) is 10.8. The summed E-state index contributed by atoms with van der Waals surface area (Å²) in [5.74, 6) is 0.0340. The molecule has 1 aliphatic heterocycles. The first kappa shape index (κ1) is 22.2. The molecule has 5 nitrogen and oxygen atoms in total. The fourth-order valence-corrected chi connectivity index (χ4v) is 3.94. The standard InChI is InChI=1S/C24H17Cl3N2O3/c25-17-3-1-2-15(10-17)13-29-21-12-19(7-8-22(21)32-14-24(29)31)28-23(30)9-5-16-4-6-18(26)11-20(16)27/h1-12H,13-14H2,(H,28,30)/b9-5+. The first-order valence-electron chi connectivity index (χ1n) is 9.65. The number of carbonyl (C=O) groups excluding carboxylic acids is 2. The lowest BCUT2D eigenvalue weighted by atomic mass is 10.1. The Labute approximate surface area is 200 Å². The van der Waals surface area contributed by atoms with Crippen LogP contribution in [0.3, 0.4) is 0 Å². The van der Waals surface area contributed by atoms with Crippen LogP contribution in [0.5, 0.6) is 5.75 Å². The van der Waals surface area contributed by atoms with E-state index in [1.807, 2.05) is 18.2 Å². The molecule has 162 valence electrons. The van der Waals surface area contributed by atoms with Crippen LogP contribution in [-0.2, 0) is 16.1 Å². The lowest BCUT2D eigenvalue weighted by molar-refractivity contribution is -0.121. The van der Waals surface area contributed by atoms with E-state index in [-0.39, 0.29) is 18.4 Å². The van der Waals surface area contributed by atoms with Crippen LogP contribution in [0.25, 0.3) is 6.08 Å². The summed E-state index contributed by atoms with van der Waals surface area (Å²) in [6, 6.07) is 17.5. The van der Waals surface area contributed by atoms with Crippen molar-refractivity contribution in [1.82, 2.24) is 0 Å². The molecule has 0 spiro atoms. The number of hydrogen-bond acceptors (Lipinski definition) is 3. The Bertz CT molecular complexity index is 1230. The Morgan fingerprint density at radius 1 is 1.03 bits per heavy atom. The molecule has 0 radical (unpaired) electrons. The average Bonchev–Trinajstić information content (AvgIpc) is 2.75. The molecule has 3 aromatic rings. The smallest absolute Gasteiger partial charge is 0.265 e. The molecule has 1 heterocycles. The van der Waals surface area contributed by atoms with E-state index in [1.54, 1.807) is 53.4 Å². The molecule has 0 saturated heterocycles. The number of nitrogens with one attached hydrogen (secondary N) is 1. The minimum Gasteiger partial charge on any atom is -0.482 e. The minimum absolute atomic E-state index is 0.0517. The maximum absolute atomic E-state index is 12.5. The average molecular weight is 488 g/mol. The van der Waals surface area contributed by atoms with Crippen molar-refractivity contribution in [2.24, 2.45) is 0 Å². The zero-order valence-corrected chi connectivity index (χ0v) is 18.9. The predicted octanol–water partition coefficient (Wildman–Crippen LogP) is 6.22. The third-order valence-corrected chi connectivity index (χ3v) is 5.57. The second-order valence-electron chi connectivity index (χ2n) is 7.07. The van der Waals surface area contributed by atoms with Gasteiger partial charge in [0.05, 0.1) is 12.2 Å². The Morgan fingerprint density at radius 3 is 2.62 bits per heavy atom. The molecule has 32 heavy (non-hydrogen) atoms. The molecule has 2 amide bonds. The molecule has 0 aliphatic carbocycles. The van der Waals surface area contributed by atoms with Gasteiger partial charge in [-0.05, 0) is 59.7 Å². The van der Waals surface area contributed by atoms with Gasteiger partial charge in [0, 0.05) is 26.8 Å². The van der Waals surface area contributed by atoms with Crippen molar-refractivity contribution in [3.05, 3.63) is 92.9 Å². The van der Waals surface area contributed by atoms with Gasteiger partial charge in [-0.25, -0.2) is 0 Å². The SMILES string of the molecule is O=C(/C=C/c1ccc(Cl)cc1Cl)Nc1ccc2c(c1)N(Cc1cccc(Cl)c1)C(=O)CO2. The number of fused-ring (bicyclic) bond motifs is 1.